The van der Waals surface area contributed by atoms with Gasteiger partial charge in [-0.2, -0.15) is 5.10 Å². The molecule has 1 fully saturated rings. The Morgan fingerprint density at radius 2 is 1.85 bits per heavy atom. The lowest BCUT2D eigenvalue weighted by atomic mass is 9.84. The zero-order chi connectivity index (χ0) is 13.9. The Bertz CT molecular complexity index is 562. The van der Waals surface area contributed by atoms with Crippen LogP contribution in [0.25, 0.3) is 11.3 Å². The fourth-order valence-electron chi connectivity index (χ4n) is 3.29. The van der Waals surface area contributed by atoms with Gasteiger partial charge in [0.15, 0.2) is 0 Å². The Balaban J connectivity index is 1.85. The normalized spacial score (nSPS) is 16.5. The maximum atomic E-state index is 5.82. The molecule has 106 valence electrons. The molecule has 3 nitrogen and oxygen atoms in total. The molecule has 1 aliphatic carbocycles. The highest BCUT2D eigenvalue weighted by molar-refractivity contribution is 5.64. The summed E-state index contributed by atoms with van der Waals surface area (Å²) in [7, 11) is 0. The molecule has 0 saturated heterocycles. The summed E-state index contributed by atoms with van der Waals surface area (Å²) in [6, 6.07) is 8.93. The van der Waals surface area contributed by atoms with Crippen molar-refractivity contribution in [3.63, 3.8) is 0 Å². The molecule has 1 saturated carbocycles. The number of nitrogens with zero attached hydrogens (tertiary/aromatic N) is 1. The number of nitrogens with one attached hydrogen (secondary N) is 1. The van der Waals surface area contributed by atoms with Gasteiger partial charge in [-0.1, -0.05) is 43.5 Å². The second-order valence-electron chi connectivity index (χ2n) is 5.84. The molecule has 0 bridgehead atoms. The van der Waals surface area contributed by atoms with Crippen LogP contribution in [0.1, 0.15) is 54.8 Å². The van der Waals surface area contributed by atoms with Gasteiger partial charge in [0.2, 0.25) is 0 Å². The van der Waals surface area contributed by atoms with Gasteiger partial charge in [-0.25, -0.2) is 0 Å². The fraction of sp³-hybridized carbons (Fsp3) is 0.471. The first-order chi connectivity index (χ1) is 9.79. The summed E-state index contributed by atoms with van der Waals surface area (Å²) in [5.74, 6) is 0.757. The third kappa shape index (κ3) is 2.50. The summed E-state index contributed by atoms with van der Waals surface area (Å²) < 4.78 is 0. The second kappa shape index (κ2) is 5.80. The number of aromatic amines is 1. The Morgan fingerprint density at radius 3 is 2.50 bits per heavy atom. The predicted octanol–water partition coefficient (Wildman–Crippen LogP) is 3.89. The van der Waals surface area contributed by atoms with Crippen molar-refractivity contribution in [2.45, 2.75) is 51.5 Å². The maximum absolute atomic E-state index is 5.82. The first-order valence-corrected chi connectivity index (χ1v) is 7.64. The minimum Gasteiger partial charge on any atom is -0.326 e. The Kier molecular flexibility index (Phi) is 3.88. The number of aryl methyl sites for hydroxylation is 1. The van der Waals surface area contributed by atoms with Crippen molar-refractivity contribution in [2.24, 2.45) is 5.73 Å². The van der Waals surface area contributed by atoms with Crippen LogP contribution >= 0.6 is 0 Å². The molecule has 2 aromatic rings. The van der Waals surface area contributed by atoms with E-state index in [0.717, 1.165) is 28.4 Å². The van der Waals surface area contributed by atoms with Crippen LogP contribution in [0.4, 0.5) is 0 Å². The van der Waals surface area contributed by atoms with Gasteiger partial charge in [0.25, 0.3) is 0 Å². The molecule has 3 heteroatoms. The SMILES string of the molecule is Cc1[nH]nc(-c2ccc(C3CCCCC3)cc2)c1CN. The molecule has 1 aromatic carbocycles. The van der Waals surface area contributed by atoms with E-state index in [1.165, 1.54) is 37.7 Å². The van der Waals surface area contributed by atoms with E-state index < -0.39 is 0 Å². The highest BCUT2D eigenvalue weighted by Gasteiger charge is 2.16. The molecule has 0 aliphatic heterocycles. The van der Waals surface area contributed by atoms with E-state index in [-0.39, 0.29) is 0 Å². The van der Waals surface area contributed by atoms with Crippen molar-refractivity contribution in [3.05, 3.63) is 41.1 Å². The van der Waals surface area contributed by atoms with Crippen LogP contribution in [0.2, 0.25) is 0 Å². The predicted molar refractivity (Wildman–Crippen MR) is 82.5 cm³/mol. The Hall–Kier alpha value is -1.61. The average molecular weight is 269 g/mol. The minimum atomic E-state index is 0.530. The number of rotatable bonds is 3. The summed E-state index contributed by atoms with van der Waals surface area (Å²) in [5, 5.41) is 7.43. The zero-order valence-corrected chi connectivity index (χ0v) is 12.2. The first kappa shape index (κ1) is 13.4. The van der Waals surface area contributed by atoms with E-state index in [9.17, 15) is 0 Å². The number of benzene rings is 1. The minimum absolute atomic E-state index is 0.530. The number of H-pyrrole nitrogens is 1. The smallest absolute Gasteiger partial charge is 0.0968 e. The Morgan fingerprint density at radius 1 is 1.15 bits per heavy atom. The van der Waals surface area contributed by atoms with Crippen LogP contribution in [-0.2, 0) is 6.54 Å². The molecular formula is C17H23N3. The molecule has 0 spiro atoms. The van der Waals surface area contributed by atoms with E-state index in [4.69, 9.17) is 5.73 Å². The number of nitrogens with two attached hydrogens (primary N) is 1. The van der Waals surface area contributed by atoms with Crippen molar-refractivity contribution in [1.29, 1.82) is 0 Å². The zero-order valence-electron chi connectivity index (χ0n) is 12.2. The van der Waals surface area contributed by atoms with Gasteiger partial charge in [-0.05, 0) is 31.2 Å². The van der Waals surface area contributed by atoms with Crippen molar-refractivity contribution in [3.8, 4) is 11.3 Å². The van der Waals surface area contributed by atoms with E-state index in [0.29, 0.717) is 6.54 Å². The van der Waals surface area contributed by atoms with Crippen LogP contribution < -0.4 is 5.73 Å². The van der Waals surface area contributed by atoms with Crippen LogP contribution in [0.3, 0.4) is 0 Å². The van der Waals surface area contributed by atoms with Gasteiger partial charge in [-0.3, -0.25) is 5.10 Å². The van der Waals surface area contributed by atoms with Crippen molar-refractivity contribution in [2.75, 3.05) is 0 Å². The standard InChI is InChI=1S/C17H23N3/c1-12-16(11-18)17(20-19-12)15-9-7-14(8-10-15)13-5-3-2-4-6-13/h7-10,13H,2-6,11,18H2,1H3,(H,19,20). The van der Waals surface area contributed by atoms with Crippen molar-refractivity contribution in [1.82, 2.24) is 10.2 Å². The van der Waals surface area contributed by atoms with Gasteiger partial charge in [0.1, 0.15) is 0 Å². The monoisotopic (exact) mass is 269 g/mol. The quantitative estimate of drug-likeness (QED) is 0.888. The van der Waals surface area contributed by atoms with E-state index in [1.54, 1.807) is 0 Å². The van der Waals surface area contributed by atoms with Gasteiger partial charge in [-0.15, -0.1) is 0 Å². The molecule has 3 rings (SSSR count). The second-order valence-corrected chi connectivity index (χ2v) is 5.84. The molecule has 1 aromatic heterocycles. The fourth-order valence-corrected chi connectivity index (χ4v) is 3.29. The molecule has 3 N–H and O–H groups in total. The lowest BCUT2D eigenvalue weighted by molar-refractivity contribution is 0.443. The molecular weight excluding hydrogens is 246 g/mol. The van der Waals surface area contributed by atoms with Crippen LogP contribution in [0, 0.1) is 6.92 Å². The lowest BCUT2D eigenvalue weighted by Crippen LogP contribution is -2.04. The highest BCUT2D eigenvalue weighted by atomic mass is 15.1. The van der Waals surface area contributed by atoms with Gasteiger partial charge >= 0.3 is 0 Å². The summed E-state index contributed by atoms with van der Waals surface area (Å²) in [6.07, 6.45) is 6.84. The van der Waals surface area contributed by atoms with E-state index in [2.05, 4.69) is 34.5 Å². The molecule has 1 heterocycles. The number of hydrogen-bond acceptors (Lipinski definition) is 2. The lowest BCUT2D eigenvalue weighted by Gasteiger charge is -2.22. The van der Waals surface area contributed by atoms with Crippen molar-refractivity contribution >= 4 is 0 Å². The molecule has 1 aliphatic rings. The molecule has 0 unspecified atom stereocenters. The summed E-state index contributed by atoms with van der Waals surface area (Å²) in [5.41, 5.74) is 11.7. The first-order valence-electron chi connectivity index (χ1n) is 7.64. The average Bonchev–Trinajstić information content (AvgIpc) is 2.89. The third-order valence-corrected chi connectivity index (χ3v) is 4.54. The number of aromatic nitrogens is 2. The summed E-state index contributed by atoms with van der Waals surface area (Å²) in [4.78, 5) is 0. The van der Waals surface area contributed by atoms with E-state index >= 15 is 0 Å². The van der Waals surface area contributed by atoms with Gasteiger partial charge in [0, 0.05) is 23.4 Å². The maximum Gasteiger partial charge on any atom is 0.0968 e. The van der Waals surface area contributed by atoms with Crippen molar-refractivity contribution < 1.29 is 0 Å². The van der Waals surface area contributed by atoms with Crippen LogP contribution in [-0.4, -0.2) is 10.2 Å². The van der Waals surface area contributed by atoms with Gasteiger partial charge < -0.3 is 5.73 Å². The summed E-state index contributed by atoms with van der Waals surface area (Å²) >= 11 is 0. The summed E-state index contributed by atoms with van der Waals surface area (Å²) in [6.45, 7) is 2.55. The Labute approximate surface area is 120 Å². The topological polar surface area (TPSA) is 54.7 Å². The van der Waals surface area contributed by atoms with Gasteiger partial charge in [0.05, 0.1) is 5.69 Å². The largest absolute Gasteiger partial charge is 0.326 e. The highest BCUT2D eigenvalue weighted by Crippen LogP contribution is 2.33. The molecule has 0 atom stereocenters. The molecule has 20 heavy (non-hydrogen) atoms. The van der Waals surface area contributed by atoms with Crippen LogP contribution in [0.5, 0.6) is 0 Å². The van der Waals surface area contributed by atoms with Crippen LogP contribution in [0.15, 0.2) is 24.3 Å². The molecule has 0 radical (unpaired) electrons. The molecule has 0 amide bonds. The number of hydrogen-bond donors (Lipinski definition) is 2. The van der Waals surface area contributed by atoms with E-state index in [1.807, 2.05) is 6.92 Å². The third-order valence-electron chi connectivity index (χ3n) is 4.54.